The van der Waals surface area contributed by atoms with Gasteiger partial charge in [0.1, 0.15) is 0 Å². The molecular weight excluding hydrogens is 558 g/mol. The van der Waals surface area contributed by atoms with Crippen LogP contribution in [-0.4, -0.2) is 10.8 Å². The molecule has 1 heterocycles. The highest BCUT2D eigenvalue weighted by molar-refractivity contribution is 6.09. The van der Waals surface area contributed by atoms with Gasteiger partial charge >= 0.3 is 0 Å². The van der Waals surface area contributed by atoms with Crippen molar-refractivity contribution in [1.29, 1.82) is 0 Å². The molecule has 3 heteroatoms. The molecule has 0 saturated carbocycles. The molecule has 0 saturated heterocycles. The van der Waals surface area contributed by atoms with Crippen LogP contribution in [0.3, 0.4) is 0 Å². The van der Waals surface area contributed by atoms with Gasteiger partial charge < -0.3 is 4.57 Å². The minimum absolute atomic E-state index is 1.04. The van der Waals surface area contributed by atoms with Crippen LogP contribution in [0.25, 0.3) is 43.4 Å². The van der Waals surface area contributed by atoms with Gasteiger partial charge in [0, 0.05) is 28.4 Å². The number of hydrogen-bond acceptors (Lipinski definition) is 2. The third kappa shape index (κ3) is 6.41. The number of unbranched alkanes of at least 4 members (excludes halogenated alkanes) is 7. The molecule has 3 nitrogen and oxygen atoms in total. The number of aromatic nitrogens is 1. The summed E-state index contributed by atoms with van der Waals surface area (Å²) < 4.78 is 2.53. The van der Waals surface area contributed by atoms with E-state index >= 15 is 0 Å². The Balaban J connectivity index is 1.19. The van der Waals surface area contributed by atoms with Crippen molar-refractivity contribution >= 4 is 60.9 Å². The summed E-state index contributed by atoms with van der Waals surface area (Å²) in [6, 6.07) is 45.8. The normalized spacial score (nSPS) is 11.8. The highest BCUT2D eigenvalue weighted by Crippen LogP contribution is 2.33. The summed E-state index contributed by atoms with van der Waals surface area (Å²) in [6.07, 6.45) is 12.7. The largest absolute Gasteiger partial charge is 0.340 e. The van der Waals surface area contributed by atoms with Crippen LogP contribution in [0.4, 0.5) is 11.4 Å². The summed E-state index contributed by atoms with van der Waals surface area (Å²) >= 11 is 0. The second kappa shape index (κ2) is 14.0. The van der Waals surface area contributed by atoms with Gasteiger partial charge in [-0.3, -0.25) is 0 Å². The van der Waals surface area contributed by atoms with Crippen LogP contribution in [0.1, 0.15) is 63.9 Å². The molecule has 7 aromatic rings. The van der Waals surface area contributed by atoms with E-state index in [0.717, 1.165) is 23.5 Å². The zero-order valence-electron chi connectivity index (χ0n) is 26.9. The number of para-hydroxylation sites is 1. The summed E-state index contributed by atoms with van der Waals surface area (Å²) in [5, 5.41) is 14.7. The second-order valence-corrected chi connectivity index (χ2v) is 12.5. The third-order valence-electron chi connectivity index (χ3n) is 9.31. The van der Waals surface area contributed by atoms with Crippen molar-refractivity contribution < 1.29 is 0 Å². The van der Waals surface area contributed by atoms with Gasteiger partial charge in [0.2, 0.25) is 0 Å². The van der Waals surface area contributed by atoms with Gasteiger partial charge in [-0.1, -0.05) is 137 Å². The SMILES string of the molecule is CCCCCCCCCCn1c2ccccc2c2cc(/C=N/N(c3ccc4ccccc4c3)c3ccc4ccccc4c3)ccc21. The average Bonchev–Trinajstić information content (AvgIpc) is 3.42. The maximum atomic E-state index is 5.14. The summed E-state index contributed by atoms with van der Waals surface area (Å²) in [4.78, 5) is 0. The molecule has 0 bridgehead atoms. The van der Waals surface area contributed by atoms with Gasteiger partial charge in [-0.15, -0.1) is 0 Å². The van der Waals surface area contributed by atoms with Crippen molar-refractivity contribution in [3.8, 4) is 0 Å². The van der Waals surface area contributed by atoms with E-state index in [1.54, 1.807) is 0 Å². The number of benzene rings is 6. The van der Waals surface area contributed by atoms with E-state index in [-0.39, 0.29) is 0 Å². The molecule has 230 valence electrons. The molecule has 0 aliphatic rings. The van der Waals surface area contributed by atoms with Crippen LogP contribution < -0.4 is 5.01 Å². The number of hydrazone groups is 1. The first-order chi connectivity index (χ1) is 22.8. The maximum Gasteiger partial charge on any atom is 0.0659 e. The number of aryl methyl sites for hydroxylation is 1. The number of hydrogen-bond donors (Lipinski definition) is 0. The first-order valence-corrected chi connectivity index (χ1v) is 17.1. The van der Waals surface area contributed by atoms with Crippen LogP contribution in [0.2, 0.25) is 0 Å². The summed E-state index contributed by atoms with van der Waals surface area (Å²) in [7, 11) is 0. The highest BCUT2D eigenvalue weighted by Gasteiger charge is 2.13. The molecular formula is C43H43N3. The lowest BCUT2D eigenvalue weighted by Gasteiger charge is -2.20. The molecule has 0 aliphatic heterocycles. The third-order valence-corrected chi connectivity index (χ3v) is 9.31. The Morgan fingerprint density at radius 1 is 0.522 bits per heavy atom. The predicted octanol–water partition coefficient (Wildman–Crippen LogP) is 12.4. The average molecular weight is 602 g/mol. The molecule has 0 unspecified atom stereocenters. The zero-order valence-corrected chi connectivity index (χ0v) is 26.9. The summed E-state index contributed by atoms with van der Waals surface area (Å²) in [5.74, 6) is 0. The molecule has 0 radical (unpaired) electrons. The molecule has 6 aromatic carbocycles. The Kier molecular flexibility index (Phi) is 9.09. The number of rotatable bonds is 13. The quantitative estimate of drug-likeness (QED) is 0.0731. The fourth-order valence-corrected chi connectivity index (χ4v) is 6.82. The van der Waals surface area contributed by atoms with Gasteiger partial charge in [-0.25, -0.2) is 5.01 Å². The van der Waals surface area contributed by atoms with Crippen LogP contribution in [0.15, 0.2) is 132 Å². The Morgan fingerprint density at radius 2 is 1.09 bits per heavy atom. The van der Waals surface area contributed by atoms with Crippen molar-refractivity contribution in [2.75, 3.05) is 5.01 Å². The fourth-order valence-electron chi connectivity index (χ4n) is 6.82. The standard InChI is InChI=1S/C43H43N3/c1-2-3-4-5-6-7-8-15-28-45-42-21-14-13-20-40(42)41-29-33(22-27-43(41)45)32-44-46(38-25-23-34-16-9-11-18-36(34)30-38)39-26-24-35-17-10-12-19-37(35)31-39/h9-14,16-27,29-32H,2-8,15,28H2,1H3/b44-32+. The highest BCUT2D eigenvalue weighted by atomic mass is 15.5. The first-order valence-electron chi connectivity index (χ1n) is 17.1. The fraction of sp³-hybridized carbons (Fsp3) is 0.233. The lowest BCUT2D eigenvalue weighted by molar-refractivity contribution is 0.553. The van der Waals surface area contributed by atoms with Crippen molar-refractivity contribution in [3.63, 3.8) is 0 Å². The Hall–Kier alpha value is -4.89. The molecule has 0 amide bonds. The van der Waals surface area contributed by atoms with E-state index in [1.165, 1.54) is 94.7 Å². The Labute approximate surface area is 272 Å². The molecule has 0 spiro atoms. The van der Waals surface area contributed by atoms with Gasteiger partial charge in [0.25, 0.3) is 0 Å². The number of anilines is 2. The molecule has 0 fully saturated rings. The topological polar surface area (TPSA) is 20.5 Å². The molecule has 0 atom stereocenters. The minimum atomic E-state index is 1.04. The Morgan fingerprint density at radius 3 is 1.76 bits per heavy atom. The van der Waals surface area contributed by atoms with Gasteiger partial charge in [-0.2, -0.15) is 5.10 Å². The van der Waals surface area contributed by atoms with Crippen molar-refractivity contribution in [2.45, 2.75) is 64.8 Å². The van der Waals surface area contributed by atoms with Crippen LogP contribution >= 0.6 is 0 Å². The summed E-state index contributed by atoms with van der Waals surface area (Å²) in [5.41, 5.74) is 5.79. The van der Waals surface area contributed by atoms with Crippen molar-refractivity contribution in [3.05, 3.63) is 133 Å². The van der Waals surface area contributed by atoms with Gasteiger partial charge in [-0.05, 0) is 76.0 Å². The van der Waals surface area contributed by atoms with Crippen LogP contribution in [0.5, 0.6) is 0 Å². The number of fused-ring (bicyclic) bond motifs is 5. The van der Waals surface area contributed by atoms with Crippen molar-refractivity contribution in [1.82, 2.24) is 4.57 Å². The maximum absolute atomic E-state index is 5.14. The van der Waals surface area contributed by atoms with Crippen LogP contribution in [-0.2, 0) is 6.54 Å². The van der Waals surface area contributed by atoms with E-state index in [9.17, 15) is 0 Å². The lowest BCUT2D eigenvalue weighted by atomic mass is 10.1. The van der Waals surface area contributed by atoms with E-state index in [1.807, 2.05) is 6.21 Å². The molecule has 46 heavy (non-hydrogen) atoms. The van der Waals surface area contributed by atoms with Gasteiger partial charge in [0.05, 0.1) is 17.6 Å². The van der Waals surface area contributed by atoms with Crippen LogP contribution in [0, 0.1) is 0 Å². The zero-order chi connectivity index (χ0) is 31.1. The monoisotopic (exact) mass is 601 g/mol. The van der Waals surface area contributed by atoms with Crippen molar-refractivity contribution in [2.24, 2.45) is 5.10 Å². The second-order valence-electron chi connectivity index (χ2n) is 12.5. The molecule has 1 aromatic heterocycles. The smallest absolute Gasteiger partial charge is 0.0659 e. The number of nitrogens with zero attached hydrogens (tertiary/aromatic N) is 3. The predicted molar refractivity (Wildman–Crippen MR) is 200 cm³/mol. The lowest BCUT2D eigenvalue weighted by Crippen LogP contribution is -2.09. The molecule has 0 N–H and O–H groups in total. The Bertz CT molecular complexity index is 2040. The van der Waals surface area contributed by atoms with E-state index in [4.69, 9.17) is 5.10 Å². The summed E-state index contributed by atoms with van der Waals surface area (Å²) in [6.45, 7) is 3.35. The van der Waals surface area contributed by atoms with E-state index in [0.29, 0.717) is 0 Å². The van der Waals surface area contributed by atoms with E-state index in [2.05, 4.69) is 144 Å². The van der Waals surface area contributed by atoms with E-state index < -0.39 is 0 Å². The van der Waals surface area contributed by atoms with Gasteiger partial charge in [0.15, 0.2) is 0 Å². The first kappa shape index (κ1) is 29.8. The molecule has 7 rings (SSSR count). The molecule has 0 aliphatic carbocycles. The minimum Gasteiger partial charge on any atom is -0.340 e.